The summed E-state index contributed by atoms with van der Waals surface area (Å²) in [5, 5.41) is 10.4. The smallest absolute Gasteiger partial charge is 0.193 e. The molecule has 1 N–H and O–H groups in total. The van der Waals surface area contributed by atoms with E-state index in [1.54, 1.807) is 13.0 Å². The summed E-state index contributed by atoms with van der Waals surface area (Å²) in [4.78, 5) is 15.0. The van der Waals surface area contributed by atoms with E-state index >= 15 is 0 Å². The molecule has 3 aromatic rings. The van der Waals surface area contributed by atoms with E-state index in [4.69, 9.17) is 9.15 Å². The van der Waals surface area contributed by atoms with Crippen molar-refractivity contribution in [3.05, 3.63) is 58.3 Å². The van der Waals surface area contributed by atoms with Gasteiger partial charge in [-0.15, -0.1) is 0 Å². The van der Waals surface area contributed by atoms with E-state index in [1.807, 2.05) is 24.3 Å². The van der Waals surface area contributed by atoms with Crippen molar-refractivity contribution >= 4 is 11.0 Å². The maximum absolute atomic E-state index is 12.5. The first-order valence-corrected chi connectivity index (χ1v) is 10.3. The van der Waals surface area contributed by atoms with Gasteiger partial charge in [0.25, 0.3) is 0 Å². The number of rotatable bonds is 6. The number of hydrogen-bond acceptors (Lipinski definition) is 5. The van der Waals surface area contributed by atoms with Crippen molar-refractivity contribution in [1.29, 1.82) is 0 Å². The predicted octanol–water partition coefficient (Wildman–Crippen LogP) is 4.73. The molecule has 0 unspecified atom stereocenters. The molecule has 0 bridgehead atoms. The number of fused-ring (bicyclic) bond motifs is 1. The summed E-state index contributed by atoms with van der Waals surface area (Å²) in [6, 6.07) is 12.2. The van der Waals surface area contributed by atoms with Gasteiger partial charge < -0.3 is 19.2 Å². The number of aromatic hydroxyl groups is 1. The molecule has 0 aliphatic carbocycles. The van der Waals surface area contributed by atoms with E-state index in [0.29, 0.717) is 28.9 Å². The highest BCUT2D eigenvalue weighted by Gasteiger charge is 2.12. The minimum atomic E-state index is -0.128. The number of hydrogen-bond donors (Lipinski definition) is 1. The fourth-order valence-corrected chi connectivity index (χ4v) is 3.89. The van der Waals surface area contributed by atoms with Gasteiger partial charge in [0.2, 0.25) is 0 Å². The van der Waals surface area contributed by atoms with Gasteiger partial charge in [-0.1, -0.05) is 18.6 Å². The second-order valence-corrected chi connectivity index (χ2v) is 7.69. The van der Waals surface area contributed by atoms with Crippen molar-refractivity contribution in [3.8, 4) is 22.8 Å². The molecular formula is C24H27NO4. The average molecular weight is 393 g/mol. The Kier molecular flexibility index (Phi) is 5.86. The number of piperidine rings is 1. The van der Waals surface area contributed by atoms with E-state index in [1.165, 1.54) is 44.5 Å². The van der Waals surface area contributed by atoms with Gasteiger partial charge in [-0.25, -0.2) is 0 Å². The van der Waals surface area contributed by atoms with Crippen LogP contribution in [0, 0.1) is 6.92 Å². The molecule has 4 rings (SSSR count). The summed E-state index contributed by atoms with van der Waals surface area (Å²) >= 11 is 0. The van der Waals surface area contributed by atoms with Gasteiger partial charge in [0.1, 0.15) is 22.8 Å². The van der Waals surface area contributed by atoms with Crippen molar-refractivity contribution < 1.29 is 14.3 Å². The third kappa shape index (κ3) is 4.46. The Labute approximate surface area is 170 Å². The Morgan fingerprint density at radius 2 is 1.93 bits per heavy atom. The largest absolute Gasteiger partial charge is 0.508 e. The van der Waals surface area contributed by atoms with Crippen molar-refractivity contribution in [2.45, 2.75) is 32.6 Å². The first-order chi connectivity index (χ1) is 14.1. The van der Waals surface area contributed by atoms with Crippen molar-refractivity contribution in [3.63, 3.8) is 0 Å². The number of ether oxygens (including phenoxy) is 1. The molecule has 5 heteroatoms. The fourth-order valence-electron chi connectivity index (χ4n) is 3.89. The molecule has 29 heavy (non-hydrogen) atoms. The van der Waals surface area contributed by atoms with Crippen molar-refractivity contribution in [1.82, 2.24) is 4.90 Å². The summed E-state index contributed by atoms with van der Waals surface area (Å²) < 4.78 is 11.9. The summed E-state index contributed by atoms with van der Waals surface area (Å²) in [5.41, 5.74) is 1.63. The zero-order valence-corrected chi connectivity index (χ0v) is 16.8. The maximum atomic E-state index is 12.5. The van der Waals surface area contributed by atoms with Gasteiger partial charge in [-0.3, -0.25) is 4.79 Å². The zero-order valence-electron chi connectivity index (χ0n) is 16.8. The van der Waals surface area contributed by atoms with Gasteiger partial charge in [0, 0.05) is 23.7 Å². The standard InChI is InChI=1S/C24H27NO4/c1-17-21(26)10-9-20-22(27)16-23(29-24(17)20)18-7-5-8-19(15-18)28-14-6-13-25-11-3-2-4-12-25/h5,7-10,15-16,26H,2-4,6,11-14H2,1H3. The lowest BCUT2D eigenvalue weighted by atomic mass is 10.1. The molecular weight excluding hydrogens is 366 g/mol. The van der Waals surface area contributed by atoms with Crippen LogP contribution in [0.2, 0.25) is 0 Å². The van der Waals surface area contributed by atoms with Crippen molar-refractivity contribution in [2.75, 3.05) is 26.2 Å². The predicted molar refractivity (Wildman–Crippen MR) is 115 cm³/mol. The summed E-state index contributed by atoms with van der Waals surface area (Å²) in [5.74, 6) is 1.34. The first kappa shape index (κ1) is 19.5. The van der Waals surface area contributed by atoms with E-state index in [0.717, 1.165) is 24.3 Å². The van der Waals surface area contributed by atoms with Crippen LogP contribution in [0.4, 0.5) is 0 Å². The van der Waals surface area contributed by atoms with Crippen LogP contribution in [0.5, 0.6) is 11.5 Å². The van der Waals surface area contributed by atoms with Crippen LogP contribution < -0.4 is 10.2 Å². The Bertz CT molecular complexity index is 1050. The molecule has 1 aliphatic rings. The highest BCUT2D eigenvalue weighted by atomic mass is 16.5. The number of phenols is 1. The van der Waals surface area contributed by atoms with Crippen LogP contribution in [0.25, 0.3) is 22.3 Å². The summed E-state index contributed by atoms with van der Waals surface area (Å²) in [7, 11) is 0. The average Bonchev–Trinajstić information content (AvgIpc) is 2.75. The molecule has 1 aromatic heterocycles. The monoisotopic (exact) mass is 393 g/mol. The van der Waals surface area contributed by atoms with Gasteiger partial charge in [0.15, 0.2) is 5.43 Å². The summed E-state index contributed by atoms with van der Waals surface area (Å²) in [6.45, 7) is 5.87. The van der Waals surface area contributed by atoms with Crippen LogP contribution in [0.1, 0.15) is 31.2 Å². The number of benzene rings is 2. The van der Waals surface area contributed by atoms with Gasteiger partial charge in [-0.2, -0.15) is 0 Å². The molecule has 0 atom stereocenters. The van der Waals surface area contributed by atoms with Crippen LogP contribution in [0.3, 0.4) is 0 Å². The normalized spacial score (nSPS) is 14.9. The van der Waals surface area contributed by atoms with Gasteiger partial charge in [-0.05, 0) is 63.5 Å². The topological polar surface area (TPSA) is 62.9 Å². The SMILES string of the molecule is Cc1c(O)ccc2c(=O)cc(-c3cccc(OCCCN4CCCCC4)c3)oc12. The molecule has 0 spiro atoms. The van der Waals surface area contributed by atoms with E-state index in [2.05, 4.69) is 4.90 Å². The molecule has 1 saturated heterocycles. The fraction of sp³-hybridized carbons (Fsp3) is 0.375. The molecule has 1 fully saturated rings. The first-order valence-electron chi connectivity index (χ1n) is 10.3. The van der Waals surface area contributed by atoms with Crippen LogP contribution in [-0.4, -0.2) is 36.2 Å². The molecule has 2 aromatic carbocycles. The zero-order chi connectivity index (χ0) is 20.2. The van der Waals surface area contributed by atoms with Crippen molar-refractivity contribution in [2.24, 2.45) is 0 Å². The second-order valence-electron chi connectivity index (χ2n) is 7.69. The summed E-state index contributed by atoms with van der Waals surface area (Å²) in [6.07, 6.45) is 4.95. The Hall–Kier alpha value is -2.79. The molecule has 0 amide bonds. The molecule has 0 saturated carbocycles. The number of likely N-dealkylation sites (tertiary alicyclic amines) is 1. The Morgan fingerprint density at radius 1 is 1.10 bits per heavy atom. The lowest BCUT2D eigenvalue weighted by Crippen LogP contribution is -2.31. The molecule has 152 valence electrons. The van der Waals surface area contributed by atoms with Crippen LogP contribution in [-0.2, 0) is 0 Å². The highest BCUT2D eigenvalue weighted by molar-refractivity contribution is 5.83. The third-order valence-electron chi connectivity index (χ3n) is 5.57. The minimum absolute atomic E-state index is 0.114. The Morgan fingerprint density at radius 3 is 2.76 bits per heavy atom. The molecule has 5 nitrogen and oxygen atoms in total. The third-order valence-corrected chi connectivity index (χ3v) is 5.57. The number of phenolic OH excluding ortho intramolecular Hbond substituents is 1. The minimum Gasteiger partial charge on any atom is -0.508 e. The molecule has 0 radical (unpaired) electrons. The van der Waals surface area contributed by atoms with Crippen LogP contribution in [0.15, 0.2) is 51.7 Å². The lowest BCUT2D eigenvalue weighted by Gasteiger charge is -2.26. The molecule has 2 heterocycles. The van der Waals surface area contributed by atoms with Crippen LogP contribution >= 0.6 is 0 Å². The number of nitrogens with zero attached hydrogens (tertiary/aromatic N) is 1. The van der Waals surface area contributed by atoms with Gasteiger partial charge >= 0.3 is 0 Å². The number of aryl methyl sites for hydroxylation is 1. The van der Waals surface area contributed by atoms with Gasteiger partial charge in [0.05, 0.1) is 12.0 Å². The second kappa shape index (κ2) is 8.70. The Balaban J connectivity index is 1.48. The highest BCUT2D eigenvalue weighted by Crippen LogP contribution is 2.29. The lowest BCUT2D eigenvalue weighted by molar-refractivity contribution is 0.205. The van der Waals surface area contributed by atoms with E-state index in [9.17, 15) is 9.90 Å². The maximum Gasteiger partial charge on any atom is 0.193 e. The quantitative estimate of drug-likeness (QED) is 0.614. The van der Waals surface area contributed by atoms with E-state index < -0.39 is 0 Å². The van der Waals surface area contributed by atoms with E-state index in [-0.39, 0.29) is 11.2 Å². The molecule has 1 aliphatic heterocycles.